The first-order valence-electron chi connectivity index (χ1n) is 10.5. The molecule has 0 aromatic carbocycles. The van der Waals surface area contributed by atoms with Gasteiger partial charge in [0, 0.05) is 37.4 Å². The molecule has 0 saturated carbocycles. The molecule has 0 spiro atoms. The smallest absolute Gasteiger partial charge is 0.349 e. The molecule has 6 N–H and O–H groups in total. The SMILES string of the molecule is O=C(O)/C=C/C(=O)ONCCCCC1NC(=O)C(CCCCNOC(=O)/C=C/C(=O)O)NC1=O. The maximum atomic E-state index is 12.2. The van der Waals surface area contributed by atoms with E-state index in [2.05, 4.69) is 31.3 Å². The highest BCUT2D eigenvalue weighted by Crippen LogP contribution is 2.10. The van der Waals surface area contributed by atoms with E-state index in [4.69, 9.17) is 10.2 Å². The van der Waals surface area contributed by atoms with Gasteiger partial charge in [-0.3, -0.25) is 9.59 Å². The zero-order valence-corrected chi connectivity index (χ0v) is 18.3. The summed E-state index contributed by atoms with van der Waals surface area (Å²) in [7, 11) is 0. The molecule has 0 aromatic rings. The van der Waals surface area contributed by atoms with Crippen molar-refractivity contribution in [3.05, 3.63) is 24.3 Å². The van der Waals surface area contributed by atoms with E-state index in [1.807, 2.05) is 0 Å². The fourth-order valence-electron chi connectivity index (χ4n) is 2.76. The number of carbonyl (C=O) groups excluding carboxylic acids is 4. The van der Waals surface area contributed by atoms with Crippen LogP contribution in [0.15, 0.2) is 24.3 Å². The Morgan fingerprint density at radius 1 is 0.706 bits per heavy atom. The number of carboxylic acids is 2. The first-order valence-corrected chi connectivity index (χ1v) is 10.5. The highest BCUT2D eigenvalue weighted by Gasteiger charge is 2.32. The van der Waals surface area contributed by atoms with Crippen LogP contribution in [0.4, 0.5) is 0 Å². The standard InChI is InChI=1S/C20H28N4O10/c25-15(26)7-9-17(29)33-21-11-3-1-5-13-19(31)24-14(20(32)23-13)6-2-4-12-22-34-18(30)10-8-16(27)28/h7-10,13-14,21-22H,1-6,11-12H2,(H,23,32)(H,24,31)(H,25,26)(H,27,28)/b9-7+,10-8+. The number of hydroxylamine groups is 2. The topological polar surface area (TPSA) is 209 Å². The molecule has 1 saturated heterocycles. The van der Waals surface area contributed by atoms with Crippen LogP contribution >= 0.6 is 0 Å². The lowest BCUT2D eigenvalue weighted by molar-refractivity contribution is -0.146. The average Bonchev–Trinajstić information content (AvgIpc) is 2.78. The van der Waals surface area contributed by atoms with Crippen molar-refractivity contribution in [3.8, 4) is 0 Å². The molecule has 2 atom stereocenters. The Bertz CT molecular complexity index is 745. The molecule has 0 aliphatic carbocycles. The van der Waals surface area contributed by atoms with Gasteiger partial charge in [-0.15, -0.1) is 0 Å². The highest BCUT2D eigenvalue weighted by atomic mass is 16.7. The summed E-state index contributed by atoms with van der Waals surface area (Å²) in [5, 5.41) is 22.1. The van der Waals surface area contributed by atoms with Crippen molar-refractivity contribution >= 4 is 35.7 Å². The van der Waals surface area contributed by atoms with Crippen molar-refractivity contribution in [1.82, 2.24) is 21.6 Å². The van der Waals surface area contributed by atoms with Crippen molar-refractivity contribution < 1.29 is 48.7 Å². The first-order chi connectivity index (χ1) is 16.2. The van der Waals surface area contributed by atoms with Gasteiger partial charge in [-0.05, 0) is 38.5 Å². The molecular weight excluding hydrogens is 456 g/mol. The molecule has 1 heterocycles. The van der Waals surface area contributed by atoms with Gasteiger partial charge in [-0.1, -0.05) is 0 Å². The lowest BCUT2D eigenvalue weighted by Gasteiger charge is -2.29. The third-order valence-electron chi connectivity index (χ3n) is 4.38. The third kappa shape index (κ3) is 12.9. The number of piperazine rings is 1. The summed E-state index contributed by atoms with van der Waals surface area (Å²) in [6, 6.07) is -1.32. The van der Waals surface area contributed by atoms with E-state index in [-0.39, 0.29) is 24.9 Å². The summed E-state index contributed by atoms with van der Waals surface area (Å²) in [4.78, 5) is 76.5. The monoisotopic (exact) mass is 484 g/mol. The number of carboxylic acid groups (broad SMARTS) is 2. The van der Waals surface area contributed by atoms with Crippen molar-refractivity contribution in [1.29, 1.82) is 0 Å². The van der Waals surface area contributed by atoms with Gasteiger partial charge in [0.05, 0.1) is 0 Å². The minimum absolute atomic E-state index is 0.288. The second kappa shape index (κ2) is 15.9. The van der Waals surface area contributed by atoms with Crippen LogP contribution < -0.4 is 21.6 Å². The summed E-state index contributed by atoms with van der Waals surface area (Å²) < 4.78 is 0. The molecule has 1 aliphatic rings. The maximum absolute atomic E-state index is 12.2. The molecule has 1 aliphatic heterocycles. The predicted octanol–water partition coefficient (Wildman–Crippen LogP) is -1.31. The Hall–Kier alpha value is -3.78. The van der Waals surface area contributed by atoms with Crippen molar-refractivity contribution in [2.75, 3.05) is 13.1 Å². The number of nitrogens with one attached hydrogen (secondary N) is 4. The van der Waals surface area contributed by atoms with Gasteiger partial charge in [-0.25, -0.2) is 19.2 Å². The van der Waals surface area contributed by atoms with Gasteiger partial charge < -0.3 is 30.5 Å². The summed E-state index contributed by atoms with van der Waals surface area (Å²) >= 11 is 0. The van der Waals surface area contributed by atoms with E-state index in [0.29, 0.717) is 50.7 Å². The molecule has 34 heavy (non-hydrogen) atoms. The van der Waals surface area contributed by atoms with Gasteiger partial charge >= 0.3 is 23.9 Å². The zero-order valence-electron chi connectivity index (χ0n) is 18.3. The largest absolute Gasteiger partial charge is 0.478 e. The highest BCUT2D eigenvalue weighted by molar-refractivity contribution is 5.96. The number of aliphatic carboxylic acids is 2. The van der Waals surface area contributed by atoms with E-state index in [1.54, 1.807) is 0 Å². The number of amides is 2. The number of hydrogen-bond donors (Lipinski definition) is 6. The van der Waals surface area contributed by atoms with Crippen LogP contribution in [0.2, 0.25) is 0 Å². The van der Waals surface area contributed by atoms with Gasteiger partial charge in [0.1, 0.15) is 12.1 Å². The number of unbranched alkanes of at least 4 members (excludes halogenated alkanes) is 2. The Kier molecular flexibility index (Phi) is 13.2. The zero-order chi connectivity index (χ0) is 25.3. The van der Waals surface area contributed by atoms with Crippen molar-refractivity contribution in [2.45, 2.75) is 50.6 Å². The molecule has 188 valence electrons. The third-order valence-corrected chi connectivity index (χ3v) is 4.38. The maximum Gasteiger partial charge on any atom is 0.349 e. The van der Waals surface area contributed by atoms with E-state index >= 15 is 0 Å². The summed E-state index contributed by atoms with van der Waals surface area (Å²) in [6.45, 7) is 0.577. The summed E-state index contributed by atoms with van der Waals surface area (Å²) in [6.07, 6.45) is 5.83. The average molecular weight is 484 g/mol. The van der Waals surface area contributed by atoms with Crippen LogP contribution in [0.3, 0.4) is 0 Å². The van der Waals surface area contributed by atoms with E-state index in [1.165, 1.54) is 0 Å². The van der Waals surface area contributed by atoms with Crippen LogP contribution in [0.5, 0.6) is 0 Å². The molecule has 1 fully saturated rings. The Labute approximate surface area is 194 Å². The molecule has 0 aromatic heterocycles. The molecular formula is C20H28N4O10. The molecule has 0 bridgehead atoms. The van der Waals surface area contributed by atoms with Gasteiger partial charge in [0.25, 0.3) is 0 Å². The second-order valence-corrected chi connectivity index (χ2v) is 7.09. The molecule has 14 heteroatoms. The van der Waals surface area contributed by atoms with Crippen LogP contribution in [-0.2, 0) is 38.4 Å². The van der Waals surface area contributed by atoms with E-state index in [9.17, 15) is 28.8 Å². The molecule has 2 unspecified atom stereocenters. The lowest BCUT2D eigenvalue weighted by Crippen LogP contribution is -2.61. The van der Waals surface area contributed by atoms with Gasteiger partial charge in [0.15, 0.2) is 0 Å². The number of hydrogen-bond acceptors (Lipinski definition) is 10. The normalized spacial score (nSPS) is 17.9. The minimum Gasteiger partial charge on any atom is -0.478 e. The van der Waals surface area contributed by atoms with E-state index < -0.39 is 36.0 Å². The first kappa shape index (κ1) is 28.3. The molecule has 1 rings (SSSR count). The Morgan fingerprint density at radius 2 is 1.09 bits per heavy atom. The van der Waals surface area contributed by atoms with E-state index in [0.717, 1.165) is 12.2 Å². The molecule has 0 radical (unpaired) electrons. The van der Waals surface area contributed by atoms with Crippen LogP contribution in [0.25, 0.3) is 0 Å². The predicted molar refractivity (Wildman–Crippen MR) is 113 cm³/mol. The Morgan fingerprint density at radius 3 is 1.44 bits per heavy atom. The number of rotatable bonds is 16. The Balaban J connectivity index is 2.14. The fraction of sp³-hybridized carbons (Fsp3) is 0.500. The second-order valence-electron chi connectivity index (χ2n) is 7.09. The quantitative estimate of drug-likeness (QED) is 0.0856. The summed E-state index contributed by atoms with van der Waals surface area (Å²) in [5.74, 6) is -4.82. The van der Waals surface area contributed by atoms with Crippen LogP contribution in [0, 0.1) is 0 Å². The van der Waals surface area contributed by atoms with Gasteiger partial charge in [-0.2, -0.15) is 11.0 Å². The van der Waals surface area contributed by atoms with Crippen molar-refractivity contribution in [3.63, 3.8) is 0 Å². The molecule has 14 nitrogen and oxygen atoms in total. The minimum atomic E-state index is -1.27. The van der Waals surface area contributed by atoms with Gasteiger partial charge in [0.2, 0.25) is 11.8 Å². The molecule has 2 amide bonds. The lowest BCUT2D eigenvalue weighted by atomic mass is 10.0. The summed E-state index contributed by atoms with van der Waals surface area (Å²) in [5.41, 5.74) is 4.77. The number of carbonyl (C=O) groups is 6. The van der Waals surface area contributed by atoms with Crippen LogP contribution in [-0.4, -0.2) is 71.1 Å². The van der Waals surface area contributed by atoms with Crippen LogP contribution in [0.1, 0.15) is 38.5 Å². The fourth-order valence-corrected chi connectivity index (χ4v) is 2.76. The van der Waals surface area contributed by atoms with Crippen molar-refractivity contribution in [2.24, 2.45) is 0 Å².